The highest BCUT2D eigenvalue weighted by atomic mass is 32.2. The normalized spacial score (nSPS) is 19.9. The predicted octanol–water partition coefficient (Wildman–Crippen LogP) is 3.10. The zero-order chi connectivity index (χ0) is 20.4. The van der Waals surface area contributed by atoms with Crippen molar-refractivity contribution >= 4 is 32.6 Å². The summed E-state index contributed by atoms with van der Waals surface area (Å²) in [6.45, 7) is 1.87. The van der Waals surface area contributed by atoms with Gasteiger partial charge in [0.15, 0.2) is 0 Å². The van der Waals surface area contributed by atoms with E-state index in [0.29, 0.717) is 11.7 Å². The third-order valence-corrected chi connectivity index (χ3v) is 7.13. The van der Waals surface area contributed by atoms with E-state index in [1.165, 1.54) is 0 Å². The van der Waals surface area contributed by atoms with Gasteiger partial charge < -0.3 is 9.88 Å². The van der Waals surface area contributed by atoms with Gasteiger partial charge in [0, 0.05) is 25.0 Å². The largest absolute Gasteiger partial charge is 0.356 e. The third-order valence-electron chi connectivity index (χ3n) is 5.67. The van der Waals surface area contributed by atoms with Crippen LogP contribution in [0.3, 0.4) is 0 Å². The average Bonchev–Trinajstić information content (AvgIpc) is 3.18. The molecule has 0 spiro atoms. The van der Waals surface area contributed by atoms with Gasteiger partial charge in [0.1, 0.15) is 17.8 Å². The molecule has 0 aromatic carbocycles. The highest BCUT2D eigenvalue weighted by Gasteiger charge is 2.28. The number of hydrogen-bond donors (Lipinski definition) is 2. The second-order valence-electron chi connectivity index (χ2n) is 7.79. The first-order valence-electron chi connectivity index (χ1n) is 9.85. The molecule has 0 aliphatic heterocycles. The van der Waals surface area contributed by atoms with Crippen molar-refractivity contribution in [1.29, 1.82) is 0 Å². The maximum Gasteiger partial charge on any atom is 0.233 e. The van der Waals surface area contributed by atoms with E-state index >= 15 is 0 Å². The Labute approximate surface area is 170 Å². The maximum atomic E-state index is 12.5. The summed E-state index contributed by atoms with van der Waals surface area (Å²) >= 11 is 0. The van der Waals surface area contributed by atoms with Crippen LogP contribution < -0.4 is 9.62 Å². The van der Waals surface area contributed by atoms with Gasteiger partial charge in [-0.2, -0.15) is 0 Å². The Morgan fingerprint density at radius 1 is 1.14 bits per heavy atom. The van der Waals surface area contributed by atoms with E-state index in [1.807, 2.05) is 19.2 Å². The van der Waals surface area contributed by atoms with Gasteiger partial charge in [-0.15, -0.1) is 0 Å². The van der Waals surface area contributed by atoms with Crippen LogP contribution in [0.4, 0.5) is 11.5 Å². The number of pyridine rings is 1. The number of nitrogens with one attached hydrogen (secondary N) is 2. The van der Waals surface area contributed by atoms with Gasteiger partial charge in [0.05, 0.1) is 23.0 Å². The number of H-pyrrole nitrogens is 1. The minimum atomic E-state index is -3.39. The van der Waals surface area contributed by atoms with Crippen LogP contribution in [-0.4, -0.2) is 47.2 Å². The van der Waals surface area contributed by atoms with E-state index in [-0.39, 0.29) is 11.7 Å². The quantitative estimate of drug-likeness (QED) is 0.642. The van der Waals surface area contributed by atoms with Crippen molar-refractivity contribution in [3.63, 3.8) is 0 Å². The van der Waals surface area contributed by atoms with Gasteiger partial charge in [0.25, 0.3) is 0 Å². The zero-order valence-corrected chi connectivity index (χ0v) is 17.5. The number of hydrogen-bond acceptors (Lipinski definition) is 6. The van der Waals surface area contributed by atoms with Crippen LogP contribution >= 0.6 is 0 Å². The zero-order valence-electron chi connectivity index (χ0n) is 16.7. The fourth-order valence-corrected chi connectivity index (χ4v) is 5.59. The Morgan fingerprint density at radius 2 is 1.93 bits per heavy atom. The highest BCUT2D eigenvalue weighted by molar-refractivity contribution is 7.92. The molecule has 4 rings (SSSR count). The Balaban J connectivity index is 1.35. The van der Waals surface area contributed by atoms with E-state index in [4.69, 9.17) is 0 Å². The lowest BCUT2D eigenvalue weighted by atomic mass is 9.86. The summed E-state index contributed by atoms with van der Waals surface area (Å²) in [5.41, 5.74) is 2.21. The highest BCUT2D eigenvalue weighted by Crippen LogP contribution is 2.32. The van der Waals surface area contributed by atoms with Crippen molar-refractivity contribution in [3.05, 3.63) is 42.6 Å². The van der Waals surface area contributed by atoms with E-state index in [0.717, 1.165) is 48.2 Å². The summed E-state index contributed by atoms with van der Waals surface area (Å²) in [4.78, 5) is 18.2. The van der Waals surface area contributed by atoms with Gasteiger partial charge >= 0.3 is 0 Å². The standard InChI is InChI=1S/C20H26N6O2S/c1-14-3-6-16(11-22-14)25-29(27,28)12-15-4-7-17(8-5-15)26(2)20-18-9-10-21-19(18)23-13-24-20/h3,6,9-11,13,15,17,25H,4-5,7-8,12H2,1-2H3,(H,21,23,24). The van der Waals surface area contributed by atoms with Crippen LogP contribution in [0, 0.1) is 12.8 Å². The van der Waals surface area contributed by atoms with Crippen LogP contribution in [-0.2, 0) is 10.0 Å². The number of aryl methyl sites for hydroxylation is 1. The SMILES string of the molecule is Cc1ccc(NS(=O)(=O)CC2CCC(N(C)c3ncnc4[nH]ccc34)CC2)cn1. The minimum Gasteiger partial charge on any atom is -0.356 e. The lowest BCUT2D eigenvalue weighted by Gasteiger charge is -2.35. The molecule has 3 aromatic heterocycles. The third kappa shape index (κ3) is 4.50. The Morgan fingerprint density at radius 3 is 2.66 bits per heavy atom. The maximum absolute atomic E-state index is 12.5. The topological polar surface area (TPSA) is 104 Å². The van der Waals surface area contributed by atoms with Crippen molar-refractivity contribution < 1.29 is 8.42 Å². The molecule has 0 unspecified atom stereocenters. The van der Waals surface area contributed by atoms with Gasteiger partial charge in [-0.1, -0.05) is 0 Å². The summed E-state index contributed by atoms with van der Waals surface area (Å²) in [7, 11) is -1.33. The first-order valence-corrected chi connectivity index (χ1v) is 11.5. The molecule has 1 saturated carbocycles. The van der Waals surface area contributed by atoms with Crippen molar-refractivity contribution in [2.24, 2.45) is 5.92 Å². The molecule has 1 aliphatic rings. The first-order chi connectivity index (χ1) is 13.9. The van der Waals surface area contributed by atoms with Crippen molar-refractivity contribution in [2.75, 3.05) is 22.4 Å². The fourth-order valence-electron chi connectivity index (χ4n) is 4.07. The van der Waals surface area contributed by atoms with Crippen molar-refractivity contribution in [2.45, 2.75) is 38.6 Å². The van der Waals surface area contributed by atoms with Crippen molar-refractivity contribution in [3.8, 4) is 0 Å². The number of sulfonamides is 1. The number of fused-ring (bicyclic) bond motifs is 1. The summed E-state index contributed by atoms with van der Waals surface area (Å²) in [5.74, 6) is 1.22. The molecule has 0 bridgehead atoms. The Kier molecular flexibility index (Phi) is 5.40. The van der Waals surface area contributed by atoms with Crippen LogP contribution in [0.1, 0.15) is 31.4 Å². The second-order valence-corrected chi connectivity index (χ2v) is 9.56. The molecule has 9 heteroatoms. The number of nitrogens with zero attached hydrogens (tertiary/aromatic N) is 4. The fraction of sp³-hybridized carbons (Fsp3) is 0.450. The summed E-state index contributed by atoms with van der Waals surface area (Å²) in [6, 6.07) is 5.88. The predicted molar refractivity (Wildman–Crippen MR) is 114 cm³/mol. The smallest absolute Gasteiger partial charge is 0.233 e. The average molecular weight is 415 g/mol. The molecule has 3 aromatic rings. The molecule has 0 saturated heterocycles. The van der Waals surface area contributed by atoms with Gasteiger partial charge in [-0.25, -0.2) is 18.4 Å². The van der Waals surface area contributed by atoms with Gasteiger partial charge in [-0.3, -0.25) is 9.71 Å². The number of aromatic amines is 1. The molecule has 8 nitrogen and oxygen atoms in total. The number of rotatable bonds is 6. The van der Waals surface area contributed by atoms with Crippen LogP contribution in [0.2, 0.25) is 0 Å². The molecule has 0 amide bonds. The molecular formula is C20H26N6O2S. The van der Waals surface area contributed by atoms with Crippen LogP contribution in [0.15, 0.2) is 36.9 Å². The number of anilines is 2. The van der Waals surface area contributed by atoms with E-state index in [1.54, 1.807) is 24.7 Å². The molecule has 1 fully saturated rings. The summed E-state index contributed by atoms with van der Waals surface area (Å²) in [6.07, 6.45) is 8.65. The van der Waals surface area contributed by atoms with Gasteiger partial charge in [-0.05, 0) is 56.7 Å². The molecule has 0 atom stereocenters. The Hall–Kier alpha value is -2.68. The second kappa shape index (κ2) is 7.98. The molecule has 1 aliphatic carbocycles. The molecular weight excluding hydrogens is 388 g/mol. The molecule has 154 valence electrons. The Bertz CT molecular complexity index is 1070. The molecule has 2 N–H and O–H groups in total. The number of aromatic nitrogens is 4. The van der Waals surface area contributed by atoms with Gasteiger partial charge in [0.2, 0.25) is 10.0 Å². The van der Waals surface area contributed by atoms with Crippen LogP contribution in [0.5, 0.6) is 0 Å². The molecule has 0 radical (unpaired) electrons. The van der Waals surface area contributed by atoms with E-state index in [9.17, 15) is 8.42 Å². The van der Waals surface area contributed by atoms with E-state index in [2.05, 4.69) is 36.6 Å². The lowest BCUT2D eigenvalue weighted by molar-refractivity contribution is 0.341. The molecule has 3 heterocycles. The first kappa shape index (κ1) is 19.6. The minimum absolute atomic E-state index is 0.146. The van der Waals surface area contributed by atoms with E-state index < -0.39 is 10.0 Å². The van der Waals surface area contributed by atoms with Crippen LogP contribution in [0.25, 0.3) is 11.0 Å². The summed E-state index contributed by atoms with van der Waals surface area (Å²) < 4.78 is 27.7. The summed E-state index contributed by atoms with van der Waals surface area (Å²) in [5, 5.41) is 1.01. The van der Waals surface area contributed by atoms with Crippen molar-refractivity contribution in [1.82, 2.24) is 19.9 Å². The lowest BCUT2D eigenvalue weighted by Crippen LogP contribution is -2.37. The monoisotopic (exact) mass is 414 g/mol. The molecule has 29 heavy (non-hydrogen) atoms.